The number of rotatable bonds is 2. The number of hydrogen-bond donors (Lipinski definition) is 0. The third-order valence-electron chi connectivity index (χ3n) is 3.11. The average Bonchev–Trinajstić information content (AvgIpc) is 2.87. The van der Waals surface area contributed by atoms with Crippen molar-refractivity contribution in [3.8, 4) is 0 Å². The molecule has 0 amide bonds. The maximum atomic E-state index is 12.9. The molecule has 0 bridgehead atoms. The maximum absolute atomic E-state index is 12.9. The van der Waals surface area contributed by atoms with Gasteiger partial charge < -0.3 is 4.90 Å². The molecular formula is C15H14FN3. The lowest BCUT2D eigenvalue weighted by Gasteiger charge is -2.20. The van der Waals surface area contributed by atoms with E-state index >= 15 is 0 Å². The molecule has 2 aromatic rings. The third-order valence-corrected chi connectivity index (χ3v) is 3.11. The highest BCUT2D eigenvalue weighted by molar-refractivity contribution is 5.76. The van der Waals surface area contributed by atoms with Gasteiger partial charge in [0.1, 0.15) is 5.82 Å². The first kappa shape index (κ1) is 11.7. The molecule has 1 aliphatic rings. The van der Waals surface area contributed by atoms with E-state index in [1.54, 1.807) is 16.8 Å². The van der Waals surface area contributed by atoms with Crippen LogP contribution in [0.25, 0.3) is 5.57 Å². The summed E-state index contributed by atoms with van der Waals surface area (Å²) in [5.74, 6) is 0.715. The van der Waals surface area contributed by atoms with Gasteiger partial charge in [-0.2, -0.15) is 5.10 Å². The summed E-state index contributed by atoms with van der Waals surface area (Å²) in [7, 11) is 1.90. The fourth-order valence-corrected chi connectivity index (χ4v) is 2.08. The van der Waals surface area contributed by atoms with Crippen LogP contribution in [0, 0.1) is 5.82 Å². The standard InChI is InChI=1S/C15H14FN3/c1-18-9-8-15(17-18)19-10-6-13(7-11-19)12-2-4-14(16)5-3-12/h2-10H,11H2,1H3. The van der Waals surface area contributed by atoms with Crippen LogP contribution in [0.1, 0.15) is 5.56 Å². The molecule has 1 aromatic carbocycles. The Kier molecular flexibility index (Phi) is 2.91. The van der Waals surface area contributed by atoms with Crippen LogP contribution in [-0.4, -0.2) is 16.3 Å². The second-order valence-corrected chi connectivity index (χ2v) is 4.48. The normalized spacial score (nSPS) is 14.6. The molecule has 19 heavy (non-hydrogen) atoms. The van der Waals surface area contributed by atoms with Crippen LogP contribution in [0.4, 0.5) is 10.2 Å². The van der Waals surface area contributed by atoms with E-state index in [-0.39, 0.29) is 5.82 Å². The van der Waals surface area contributed by atoms with E-state index in [2.05, 4.69) is 16.1 Å². The molecule has 4 heteroatoms. The summed E-state index contributed by atoms with van der Waals surface area (Å²) in [4.78, 5) is 2.06. The van der Waals surface area contributed by atoms with Crippen LogP contribution in [0.3, 0.4) is 0 Å². The Morgan fingerprint density at radius 2 is 1.95 bits per heavy atom. The second kappa shape index (κ2) is 4.72. The van der Waals surface area contributed by atoms with Gasteiger partial charge in [-0.05, 0) is 29.3 Å². The van der Waals surface area contributed by atoms with E-state index in [1.807, 2.05) is 31.6 Å². The summed E-state index contributed by atoms with van der Waals surface area (Å²) in [6.45, 7) is 0.764. The van der Waals surface area contributed by atoms with Gasteiger partial charge in [-0.3, -0.25) is 4.68 Å². The highest BCUT2D eigenvalue weighted by Gasteiger charge is 2.10. The SMILES string of the molecule is Cn1ccc(N2C=CC(c3ccc(F)cc3)=CC2)n1. The maximum Gasteiger partial charge on any atom is 0.154 e. The molecule has 0 fully saturated rings. The fourth-order valence-electron chi connectivity index (χ4n) is 2.08. The minimum atomic E-state index is -0.209. The van der Waals surface area contributed by atoms with Crippen molar-refractivity contribution < 1.29 is 4.39 Å². The summed E-state index contributed by atoms with van der Waals surface area (Å²) >= 11 is 0. The lowest BCUT2D eigenvalue weighted by Crippen LogP contribution is -2.19. The summed E-state index contributed by atoms with van der Waals surface area (Å²) in [6.07, 6.45) is 8.05. The Balaban J connectivity index is 1.78. The number of allylic oxidation sites excluding steroid dienone is 2. The molecule has 2 heterocycles. The Bertz CT molecular complexity index is 638. The molecule has 3 nitrogen and oxygen atoms in total. The number of benzene rings is 1. The topological polar surface area (TPSA) is 21.1 Å². The van der Waals surface area contributed by atoms with E-state index < -0.39 is 0 Å². The monoisotopic (exact) mass is 255 g/mol. The first-order chi connectivity index (χ1) is 9.22. The van der Waals surface area contributed by atoms with Crippen molar-refractivity contribution in [2.75, 3.05) is 11.4 Å². The molecule has 0 saturated heterocycles. The first-order valence-corrected chi connectivity index (χ1v) is 6.13. The third kappa shape index (κ3) is 2.42. The fraction of sp³-hybridized carbons (Fsp3) is 0.133. The molecule has 0 atom stereocenters. The molecule has 0 saturated carbocycles. The predicted octanol–water partition coefficient (Wildman–Crippen LogP) is 2.98. The van der Waals surface area contributed by atoms with Crippen molar-refractivity contribution in [3.05, 3.63) is 66.3 Å². The lowest BCUT2D eigenvalue weighted by atomic mass is 10.0. The van der Waals surface area contributed by atoms with E-state index in [0.717, 1.165) is 23.5 Å². The van der Waals surface area contributed by atoms with E-state index in [0.29, 0.717) is 0 Å². The van der Waals surface area contributed by atoms with Crippen molar-refractivity contribution in [3.63, 3.8) is 0 Å². The van der Waals surface area contributed by atoms with Crippen LogP contribution in [0.5, 0.6) is 0 Å². The van der Waals surface area contributed by atoms with Gasteiger partial charge in [-0.15, -0.1) is 0 Å². The zero-order valence-corrected chi connectivity index (χ0v) is 10.6. The number of aromatic nitrogens is 2. The minimum Gasteiger partial charge on any atom is -0.328 e. The smallest absolute Gasteiger partial charge is 0.154 e. The van der Waals surface area contributed by atoms with Gasteiger partial charge in [0.05, 0.1) is 0 Å². The van der Waals surface area contributed by atoms with Crippen LogP contribution in [0.15, 0.2) is 54.9 Å². The van der Waals surface area contributed by atoms with Gasteiger partial charge in [-0.1, -0.05) is 18.2 Å². The molecule has 0 N–H and O–H groups in total. The average molecular weight is 255 g/mol. The van der Waals surface area contributed by atoms with E-state index in [1.165, 1.54) is 12.1 Å². The summed E-state index contributed by atoms with van der Waals surface area (Å²) < 4.78 is 14.7. The van der Waals surface area contributed by atoms with Gasteiger partial charge >= 0.3 is 0 Å². The lowest BCUT2D eigenvalue weighted by molar-refractivity contribution is 0.627. The summed E-state index contributed by atoms with van der Waals surface area (Å²) in [6, 6.07) is 8.52. The van der Waals surface area contributed by atoms with E-state index in [4.69, 9.17) is 0 Å². The van der Waals surface area contributed by atoms with Crippen molar-refractivity contribution in [1.82, 2.24) is 9.78 Å². The van der Waals surface area contributed by atoms with Crippen LogP contribution in [0.2, 0.25) is 0 Å². The van der Waals surface area contributed by atoms with Gasteiger partial charge in [0.25, 0.3) is 0 Å². The summed E-state index contributed by atoms with van der Waals surface area (Å²) in [5.41, 5.74) is 2.13. The Morgan fingerprint density at radius 1 is 1.16 bits per heavy atom. The Hall–Kier alpha value is -2.36. The Morgan fingerprint density at radius 3 is 2.53 bits per heavy atom. The molecular weight excluding hydrogens is 241 g/mol. The number of halogens is 1. The van der Waals surface area contributed by atoms with Crippen LogP contribution >= 0.6 is 0 Å². The van der Waals surface area contributed by atoms with Gasteiger partial charge in [0.15, 0.2) is 5.82 Å². The second-order valence-electron chi connectivity index (χ2n) is 4.48. The molecule has 0 radical (unpaired) electrons. The largest absolute Gasteiger partial charge is 0.328 e. The number of hydrogen-bond acceptors (Lipinski definition) is 2. The zero-order chi connectivity index (χ0) is 13.2. The highest BCUT2D eigenvalue weighted by Crippen LogP contribution is 2.22. The quantitative estimate of drug-likeness (QED) is 0.822. The van der Waals surface area contributed by atoms with E-state index in [9.17, 15) is 4.39 Å². The zero-order valence-electron chi connectivity index (χ0n) is 10.6. The highest BCUT2D eigenvalue weighted by atomic mass is 19.1. The predicted molar refractivity (Wildman–Crippen MR) is 74.1 cm³/mol. The number of nitrogens with zero attached hydrogens (tertiary/aromatic N) is 3. The molecule has 96 valence electrons. The van der Waals surface area contributed by atoms with Crippen molar-refractivity contribution >= 4 is 11.4 Å². The molecule has 0 spiro atoms. The first-order valence-electron chi connectivity index (χ1n) is 6.13. The molecule has 0 aliphatic carbocycles. The van der Waals surface area contributed by atoms with Crippen molar-refractivity contribution in [2.45, 2.75) is 0 Å². The molecule has 1 aromatic heterocycles. The minimum absolute atomic E-state index is 0.209. The van der Waals surface area contributed by atoms with Crippen molar-refractivity contribution in [1.29, 1.82) is 0 Å². The van der Waals surface area contributed by atoms with Crippen molar-refractivity contribution in [2.24, 2.45) is 7.05 Å². The molecule has 1 aliphatic heterocycles. The van der Waals surface area contributed by atoms with Crippen LogP contribution < -0.4 is 4.90 Å². The van der Waals surface area contributed by atoms with Gasteiger partial charge in [0.2, 0.25) is 0 Å². The molecule has 0 unspecified atom stereocenters. The Labute approximate surface area is 111 Å². The van der Waals surface area contributed by atoms with Crippen LogP contribution in [-0.2, 0) is 7.05 Å². The molecule has 3 rings (SSSR count). The summed E-state index contributed by atoms with van der Waals surface area (Å²) in [5, 5.41) is 4.36. The van der Waals surface area contributed by atoms with Gasteiger partial charge in [-0.25, -0.2) is 4.39 Å². The number of aryl methyl sites for hydroxylation is 1. The van der Waals surface area contributed by atoms with Gasteiger partial charge in [0, 0.05) is 32.1 Å². The number of anilines is 1.